The van der Waals surface area contributed by atoms with Crippen LogP contribution in [0.2, 0.25) is 5.02 Å². The maximum absolute atomic E-state index is 12.4. The average molecular weight is 429 g/mol. The first-order valence-corrected chi connectivity index (χ1v) is 11.1. The summed E-state index contributed by atoms with van der Waals surface area (Å²) in [5, 5.41) is 4.18. The highest BCUT2D eigenvalue weighted by atomic mass is 35.5. The van der Waals surface area contributed by atoms with E-state index in [0.29, 0.717) is 42.3 Å². The van der Waals surface area contributed by atoms with Gasteiger partial charge in [-0.15, -0.1) is 0 Å². The van der Waals surface area contributed by atoms with Crippen molar-refractivity contribution in [1.82, 2.24) is 10.2 Å². The Morgan fingerprint density at radius 1 is 1.36 bits per heavy atom. The van der Waals surface area contributed by atoms with Crippen LogP contribution in [0.5, 0.6) is 5.75 Å². The molecular weight excluding hydrogens is 404 g/mol. The fraction of sp³-hybridized carbons (Fsp3) is 0.474. The number of carbonyl (C=O) groups excluding carboxylic acids is 2. The third kappa shape index (κ3) is 6.83. The molecule has 9 heteroatoms. The first-order valence-electron chi connectivity index (χ1n) is 8.99. The van der Waals surface area contributed by atoms with Crippen LogP contribution in [0.4, 0.5) is 0 Å². The monoisotopic (exact) mass is 428 g/mol. The summed E-state index contributed by atoms with van der Waals surface area (Å²) >= 11 is 5.99. The molecule has 0 unspecified atom stereocenters. The number of hydrogen-bond acceptors (Lipinski definition) is 5. The van der Waals surface area contributed by atoms with Crippen molar-refractivity contribution in [2.45, 2.75) is 26.3 Å². The van der Waals surface area contributed by atoms with Crippen molar-refractivity contribution in [2.24, 2.45) is 5.92 Å². The van der Waals surface area contributed by atoms with Crippen LogP contribution >= 0.6 is 11.6 Å². The maximum Gasteiger partial charge on any atom is 0.260 e. The quantitative estimate of drug-likeness (QED) is 0.684. The molecule has 7 nitrogen and oxygen atoms in total. The number of rotatable bonds is 8. The van der Waals surface area contributed by atoms with Crippen LogP contribution in [-0.2, 0) is 26.0 Å². The van der Waals surface area contributed by atoms with Crippen molar-refractivity contribution in [3.8, 4) is 5.75 Å². The summed E-state index contributed by atoms with van der Waals surface area (Å²) < 4.78 is 28.9. The van der Waals surface area contributed by atoms with Crippen molar-refractivity contribution in [1.29, 1.82) is 0 Å². The number of amides is 2. The van der Waals surface area contributed by atoms with Gasteiger partial charge in [-0.25, -0.2) is 8.42 Å². The predicted octanol–water partition coefficient (Wildman–Crippen LogP) is 2.15. The van der Waals surface area contributed by atoms with E-state index < -0.39 is 9.84 Å². The lowest BCUT2D eigenvalue weighted by molar-refractivity contribution is -0.134. The summed E-state index contributed by atoms with van der Waals surface area (Å²) in [5.41, 5.74) is 0.684. The summed E-state index contributed by atoms with van der Waals surface area (Å²) in [6, 6.07) is 5.01. The molecule has 1 saturated heterocycles. The highest BCUT2D eigenvalue weighted by Crippen LogP contribution is 2.24. The first kappa shape index (κ1) is 22.2. The van der Waals surface area contributed by atoms with Crippen LogP contribution in [0.25, 0.3) is 0 Å². The lowest BCUT2D eigenvalue weighted by Crippen LogP contribution is -2.42. The van der Waals surface area contributed by atoms with Crippen molar-refractivity contribution in [3.63, 3.8) is 0 Å². The number of nitrogens with one attached hydrogen (secondary N) is 1. The van der Waals surface area contributed by atoms with Crippen LogP contribution in [0.1, 0.15) is 25.3 Å². The summed E-state index contributed by atoms with van der Waals surface area (Å²) in [7, 11) is -3.23. The highest BCUT2D eigenvalue weighted by Gasteiger charge is 2.26. The number of ether oxygens (including phenoxy) is 1. The number of hydrogen-bond donors (Lipinski definition) is 1. The molecule has 0 atom stereocenters. The fourth-order valence-corrected chi connectivity index (χ4v) is 4.34. The molecule has 1 aromatic carbocycles. The molecule has 0 spiro atoms. The summed E-state index contributed by atoms with van der Waals surface area (Å²) in [6.45, 7) is 5.86. The second-order valence-electron chi connectivity index (χ2n) is 6.77. The number of benzene rings is 1. The van der Waals surface area contributed by atoms with Crippen molar-refractivity contribution < 1.29 is 22.7 Å². The Kier molecular flexibility index (Phi) is 7.88. The van der Waals surface area contributed by atoms with Gasteiger partial charge < -0.3 is 15.0 Å². The molecule has 154 valence electrons. The zero-order valence-electron chi connectivity index (χ0n) is 15.8. The average Bonchev–Trinajstić information content (AvgIpc) is 2.65. The van der Waals surface area contributed by atoms with Gasteiger partial charge in [-0.2, -0.15) is 0 Å². The molecule has 1 aromatic rings. The normalized spacial score (nSPS) is 15.1. The SMILES string of the molecule is C=CS(=O)(=O)CC1CCN(C(=O)COc2ccc(Cl)cc2CNC(C)=O)CC1. The number of sulfone groups is 1. The van der Waals surface area contributed by atoms with Gasteiger partial charge in [-0.05, 0) is 37.0 Å². The van der Waals surface area contributed by atoms with Crippen LogP contribution in [-0.4, -0.2) is 50.6 Å². The van der Waals surface area contributed by atoms with Crippen LogP contribution in [0.3, 0.4) is 0 Å². The summed E-state index contributed by atoms with van der Waals surface area (Å²) in [4.78, 5) is 25.2. The number of likely N-dealkylation sites (tertiary alicyclic amines) is 1. The second-order valence-corrected chi connectivity index (χ2v) is 9.20. The van der Waals surface area contributed by atoms with E-state index >= 15 is 0 Å². The van der Waals surface area contributed by atoms with E-state index in [1.165, 1.54) is 6.92 Å². The van der Waals surface area contributed by atoms with E-state index in [0.717, 1.165) is 5.41 Å². The van der Waals surface area contributed by atoms with Gasteiger partial charge in [0, 0.05) is 42.6 Å². The minimum absolute atomic E-state index is 0.0356. The number of piperidine rings is 1. The number of halogens is 1. The molecule has 1 aliphatic heterocycles. The zero-order chi connectivity index (χ0) is 20.7. The van der Waals surface area contributed by atoms with Crippen LogP contribution < -0.4 is 10.1 Å². The number of nitrogens with zero attached hydrogens (tertiary/aromatic N) is 1. The lowest BCUT2D eigenvalue weighted by Gasteiger charge is -2.31. The molecule has 1 N–H and O–H groups in total. The molecule has 1 fully saturated rings. The first-order chi connectivity index (χ1) is 13.2. The lowest BCUT2D eigenvalue weighted by atomic mass is 9.99. The Morgan fingerprint density at radius 2 is 2.04 bits per heavy atom. The van der Waals surface area contributed by atoms with Gasteiger partial charge >= 0.3 is 0 Å². The fourth-order valence-electron chi connectivity index (χ4n) is 3.02. The molecule has 1 aliphatic rings. The minimum atomic E-state index is -3.23. The van der Waals surface area contributed by atoms with Crippen molar-refractivity contribution in [3.05, 3.63) is 40.8 Å². The molecule has 0 aliphatic carbocycles. The van der Waals surface area contributed by atoms with E-state index in [9.17, 15) is 18.0 Å². The largest absolute Gasteiger partial charge is 0.483 e. The molecule has 28 heavy (non-hydrogen) atoms. The minimum Gasteiger partial charge on any atom is -0.483 e. The zero-order valence-corrected chi connectivity index (χ0v) is 17.4. The van der Waals surface area contributed by atoms with E-state index in [4.69, 9.17) is 16.3 Å². The smallest absolute Gasteiger partial charge is 0.260 e. The molecule has 0 saturated carbocycles. The Bertz CT molecular complexity index is 833. The van der Waals surface area contributed by atoms with Gasteiger partial charge in [0.25, 0.3) is 5.91 Å². The molecule has 0 radical (unpaired) electrons. The van der Waals surface area contributed by atoms with E-state index in [1.807, 2.05) is 0 Å². The molecule has 0 bridgehead atoms. The summed E-state index contributed by atoms with van der Waals surface area (Å²) in [6.07, 6.45) is 1.26. The molecule has 2 amide bonds. The van der Waals surface area contributed by atoms with Crippen molar-refractivity contribution in [2.75, 3.05) is 25.4 Å². The van der Waals surface area contributed by atoms with Gasteiger partial charge in [0.1, 0.15) is 5.75 Å². The molecule has 2 rings (SSSR count). The highest BCUT2D eigenvalue weighted by molar-refractivity contribution is 7.94. The Morgan fingerprint density at radius 3 is 2.64 bits per heavy atom. The molecule has 1 heterocycles. The second kappa shape index (κ2) is 9.93. The van der Waals surface area contributed by atoms with Crippen molar-refractivity contribution >= 4 is 33.3 Å². The van der Waals surface area contributed by atoms with Gasteiger partial charge in [0.05, 0.1) is 5.75 Å². The van der Waals surface area contributed by atoms with Gasteiger partial charge in [-0.1, -0.05) is 18.2 Å². The number of carbonyl (C=O) groups is 2. The van der Waals surface area contributed by atoms with E-state index in [2.05, 4.69) is 11.9 Å². The standard InChI is InChI=1S/C19H25ClN2O5S/c1-3-28(25,26)13-15-6-8-22(9-7-15)19(24)12-27-18-5-4-17(20)10-16(18)11-21-14(2)23/h3-5,10,15H,1,6-9,11-13H2,2H3,(H,21,23). The molecular formula is C19H25ClN2O5S. The van der Waals surface area contributed by atoms with E-state index in [-0.39, 0.29) is 36.6 Å². The molecule has 0 aromatic heterocycles. The van der Waals surface area contributed by atoms with Gasteiger partial charge in [-0.3, -0.25) is 9.59 Å². The van der Waals surface area contributed by atoms with Gasteiger partial charge in [0.2, 0.25) is 5.91 Å². The predicted molar refractivity (Wildman–Crippen MR) is 108 cm³/mol. The Labute approximate surface area is 170 Å². The summed E-state index contributed by atoms with van der Waals surface area (Å²) in [5.74, 6) is 0.257. The Balaban J connectivity index is 1.88. The van der Waals surface area contributed by atoms with Crippen LogP contribution in [0.15, 0.2) is 30.2 Å². The topological polar surface area (TPSA) is 92.8 Å². The maximum atomic E-state index is 12.4. The van der Waals surface area contributed by atoms with Gasteiger partial charge in [0.15, 0.2) is 16.4 Å². The van der Waals surface area contributed by atoms with Crippen LogP contribution in [0, 0.1) is 5.92 Å². The third-order valence-electron chi connectivity index (χ3n) is 4.59. The Hall–Kier alpha value is -2.06. The van der Waals surface area contributed by atoms with E-state index in [1.54, 1.807) is 23.1 Å². The third-order valence-corrected chi connectivity index (χ3v) is 6.27.